The zero-order chi connectivity index (χ0) is 14.8. The Morgan fingerprint density at radius 1 is 1.40 bits per heavy atom. The SMILES string of the molecule is CN(CC(=O)Nc1ccc(I)cc1)C1CCS(=O)(=O)C1. The first-order valence-corrected chi connectivity index (χ1v) is 9.22. The fraction of sp³-hybridized carbons (Fsp3) is 0.462. The van der Waals surface area contributed by atoms with Crippen molar-refractivity contribution >= 4 is 44.0 Å². The van der Waals surface area contributed by atoms with E-state index in [-0.39, 0.29) is 30.0 Å². The summed E-state index contributed by atoms with van der Waals surface area (Å²) in [6, 6.07) is 7.48. The molecule has 20 heavy (non-hydrogen) atoms. The van der Waals surface area contributed by atoms with Crippen molar-refractivity contribution in [2.24, 2.45) is 0 Å². The minimum absolute atomic E-state index is 0.0533. The van der Waals surface area contributed by atoms with E-state index in [0.717, 1.165) is 9.26 Å². The molecule has 1 atom stereocenters. The number of anilines is 1. The van der Waals surface area contributed by atoms with Crippen molar-refractivity contribution in [1.82, 2.24) is 4.90 Å². The van der Waals surface area contributed by atoms with Crippen LogP contribution in [0.25, 0.3) is 0 Å². The van der Waals surface area contributed by atoms with Crippen molar-refractivity contribution in [2.75, 3.05) is 30.4 Å². The first-order chi connectivity index (χ1) is 9.35. The van der Waals surface area contributed by atoms with E-state index in [4.69, 9.17) is 0 Å². The Morgan fingerprint density at radius 3 is 2.60 bits per heavy atom. The van der Waals surface area contributed by atoms with Crippen LogP contribution in [0.5, 0.6) is 0 Å². The fourth-order valence-corrected chi connectivity index (χ4v) is 4.38. The Labute approximate surface area is 132 Å². The molecule has 1 aromatic rings. The monoisotopic (exact) mass is 408 g/mol. The number of nitrogens with zero attached hydrogens (tertiary/aromatic N) is 1. The summed E-state index contributed by atoms with van der Waals surface area (Å²) in [6.45, 7) is 0.201. The number of rotatable bonds is 4. The summed E-state index contributed by atoms with van der Waals surface area (Å²) < 4.78 is 24.0. The smallest absolute Gasteiger partial charge is 0.238 e. The van der Waals surface area contributed by atoms with E-state index in [1.165, 1.54) is 0 Å². The molecule has 1 unspecified atom stereocenters. The highest BCUT2D eigenvalue weighted by Crippen LogP contribution is 2.16. The minimum atomic E-state index is -2.91. The van der Waals surface area contributed by atoms with Crippen LogP contribution in [0.3, 0.4) is 0 Å². The molecule has 1 saturated heterocycles. The van der Waals surface area contributed by atoms with E-state index in [0.29, 0.717) is 6.42 Å². The molecule has 0 aliphatic carbocycles. The molecule has 2 rings (SSSR count). The lowest BCUT2D eigenvalue weighted by Crippen LogP contribution is -2.38. The third-order valence-corrected chi connectivity index (χ3v) is 5.82. The largest absolute Gasteiger partial charge is 0.325 e. The average Bonchev–Trinajstić information content (AvgIpc) is 2.73. The number of nitrogens with one attached hydrogen (secondary N) is 1. The summed E-state index contributed by atoms with van der Waals surface area (Å²) in [5, 5.41) is 2.81. The molecule has 7 heteroatoms. The number of amides is 1. The third-order valence-electron chi connectivity index (χ3n) is 3.35. The molecule has 1 amide bonds. The number of hydrogen-bond acceptors (Lipinski definition) is 4. The van der Waals surface area contributed by atoms with Gasteiger partial charge < -0.3 is 5.32 Å². The Balaban J connectivity index is 1.87. The van der Waals surface area contributed by atoms with Crippen molar-refractivity contribution in [2.45, 2.75) is 12.5 Å². The second-order valence-corrected chi connectivity index (χ2v) is 8.50. The highest BCUT2D eigenvalue weighted by atomic mass is 127. The number of sulfone groups is 1. The number of likely N-dealkylation sites (N-methyl/N-ethyl adjacent to an activating group) is 1. The summed E-state index contributed by atoms with van der Waals surface area (Å²) in [5.74, 6) is 0.249. The zero-order valence-electron chi connectivity index (χ0n) is 11.2. The Morgan fingerprint density at radius 2 is 2.05 bits per heavy atom. The van der Waals surface area contributed by atoms with E-state index in [1.54, 1.807) is 7.05 Å². The summed E-state index contributed by atoms with van der Waals surface area (Å²) in [6.07, 6.45) is 0.607. The van der Waals surface area contributed by atoms with E-state index in [1.807, 2.05) is 29.2 Å². The van der Waals surface area contributed by atoms with Gasteiger partial charge in [-0.15, -0.1) is 0 Å². The number of carbonyl (C=O) groups excluding carboxylic acids is 1. The number of carbonyl (C=O) groups is 1. The summed E-state index contributed by atoms with van der Waals surface area (Å²) in [4.78, 5) is 13.7. The highest BCUT2D eigenvalue weighted by molar-refractivity contribution is 14.1. The van der Waals surface area contributed by atoms with Gasteiger partial charge >= 0.3 is 0 Å². The van der Waals surface area contributed by atoms with Gasteiger partial charge in [-0.05, 0) is 60.3 Å². The standard InChI is InChI=1S/C13H17IN2O3S/c1-16(12-6-7-20(18,19)9-12)8-13(17)15-11-4-2-10(14)3-5-11/h2-5,12H,6-9H2,1H3,(H,15,17). The molecular weight excluding hydrogens is 391 g/mol. The van der Waals surface area contributed by atoms with Gasteiger partial charge in [0, 0.05) is 15.3 Å². The summed E-state index contributed by atoms with van der Waals surface area (Å²) in [7, 11) is -1.12. The van der Waals surface area contributed by atoms with Crippen LogP contribution in [0, 0.1) is 3.57 Å². The van der Waals surface area contributed by atoms with Crippen LogP contribution >= 0.6 is 22.6 Å². The molecule has 1 fully saturated rings. The Kier molecular flexibility index (Phi) is 5.03. The van der Waals surface area contributed by atoms with E-state index in [9.17, 15) is 13.2 Å². The van der Waals surface area contributed by atoms with Crippen molar-refractivity contribution in [3.05, 3.63) is 27.8 Å². The van der Waals surface area contributed by atoms with Crippen LogP contribution in [0.15, 0.2) is 24.3 Å². The van der Waals surface area contributed by atoms with Crippen LogP contribution in [0.1, 0.15) is 6.42 Å². The minimum Gasteiger partial charge on any atom is -0.325 e. The zero-order valence-corrected chi connectivity index (χ0v) is 14.1. The summed E-state index contributed by atoms with van der Waals surface area (Å²) in [5.41, 5.74) is 0.753. The molecule has 110 valence electrons. The molecule has 0 bridgehead atoms. The first kappa shape index (κ1) is 15.7. The fourth-order valence-electron chi connectivity index (χ4n) is 2.21. The quantitative estimate of drug-likeness (QED) is 0.764. The van der Waals surface area contributed by atoms with Crippen molar-refractivity contribution in [3.63, 3.8) is 0 Å². The van der Waals surface area contributed by atoms with Gasteiger partial charge in [0.05, 0.1) is 18.1 Å². The van der Waals surface area contributed by atoms with Crippen molar-refractivity contribution in [1.29, 1.82) is 0 Å². The van der Waals surface area contributed by atoms with Crippen LogP contribution < -0.4 is 5.32 Å². The molecule has 1 heterocycles. The Bertz CT molecular complexity index is 586. The van der Waals surface area contributed by atoms with Gasteiger partial charge in [-0.1, -0.05) is 0 Å². The van der Waals surface area contributed by atoms with Gasteiger partial charge in [-0.25, -0.2) is 8.42 Å². The second-order valence-electron chi connectivity index (χ2n) is 5.03. The van der Waals surface area contributed by atoms with Crippen molar-refractivity contribution in [3.8, 4) is 0 Å². The lowest BCUT2D eigenvalue weighted by atomic mass is 10.2. The lowest BCUT2D eigenvalue weighted by Gasteiger charge is -2.22. The normalized spacial score (nSPS) is 21.1. The Hall–Kier alpha value is -0.670. The topological polar surface area (TPSA) is 66.5 Å². The molecule has 0 aromatic heterocycles. The van der Waals surface area contributed by atoms with Crippen LogP contribution in [0.2, 0.25) is 0 Å². The third kappa shape index (κ3) is 4.42. The van der Waals surface area contributed by atoms with Gasteiger partial charge in [-0.2, -0.15) is 0 Å². The van der Waals surface area contributed by atoms with Crippen LogP contribution in [-0.2, 0) is 14.6 Å². The lowest BCUT2D eigenvalue weighted by molar-refractivity contribution is -0.117. The molecule has 0 saturated carbocycles. The summed E-state index contributed by atoms with van der Waals surface area (Å²) >= 11 is 2.20. The van der Waals surface area contributed by atoms with E-state index in [2.05, 4.69) is 27.9 Å². The molecule has 1 aliphatic heterocycles. The van der Waals surface area contributed by atoms with Gasteiger partial charge in [-0.3, -0.25) is 9.69 Å². The maximum atomic E-state index is 11.9. The van der Waals surface area contributed by atoms with Gasteiger partial charge in [0.2, 0.25) is 5.91 Å². The number of benzene rings is 1. The van der Waals surface area contributed by atoms with Crippen LogP contribution in [-0.4, -0.2) is 50.4 Å². The maximum absolute atomic E-state index is 11.9. The van der Waals surface area contributed by atoms with E-state index >= 15 is 0 Å². The number of hydrogen-bond donors (Lipinski definition) is 1. The average molecular weight is 408 g/mol. The second kappa shape index (κ2) is 6.40. The molecule has 5 nitrogen and oxygen atoms in total. The van der Waals surface area contributed by atoms with Crippen molar-refractivity contribution < 1.29 is 13.2 Å². The maximum Gasteiger partial charge on any atom is 0.238 e. The predicted molar refractivity (Wildman–Crippen MR) is 87.5 cm³/mol. The number of halogens is 1. The first-order valence-electron chi connectivity index (χ1n) is 6.32. The molecular formula is C13H17IN2O3S. The molecule has 1 aliphatic rings. The van der Waals surface area contributed by atoms with Gasteiger partial charge in [0.1, 0.15) is 0 Å². The molecule has 1 aromatic carbocycles. The van der Waals surface area contributed by atoms with Gasteiger partial charge in [0.15, 0.2) is 9.84 Å². The molecule has 0 spiro atoms. The van der Waals surface area contributed by atoms with Crippen LogP contribution in [0.4, 0.5) is 5.69 Å². The molecule has 0 radical (unpaired) electrons. The highest BCUT2D eigenvalue weighted by Gasteiger charge is 2.31. The predicted octanol–water partition coefficient (Wildman–Crippen LogP) is 1.35. The molecule has 1 N–H and O–H groups in total. The van der Waals surface area contributed by atoms with Gasteiger partial charge in [0.25, 0.3) is 0 Å². The van der Waals surface area contributed by atoms with E-state index < -0.39 is 9.84 Å².